The Balaban J connectivity index is 2.18. The van der Waals surface area contributed by atoms with Crippen LogP contribution in [0.4, 0.5) is 0 Å². The predicted octanol–water partition coefficient (Wildman–Crippen LogP) is 2.31. The maximum absolute atomic E-state index is 5.46. The molecule has 2 heterocycles. The zero-order valence-electron chi connectivity index (χ0n) is 10.2. The molecular formula is C12H20N2OS. The largest absolute Gasteiger partial charge is 0.381 e. The fourth-order valence-electron chi connectivity index (χ4n) is 2.29. The van der Waals surface area contributed by atoms with Crippen LogP contribution in [0, 0.1) is 12.8 Å². The standard InChI is InChI=1S/C12H20N2OS/c1-4-10-8(2)16-12(14-10)11(13-3)9-5-6-15-7-9/h9,11,13H,4-7H2,1-3H3. The fraction of sp³-hybridized carbons (Fsp3) is 0.750. The molecule has 1 aliphatic heterocycles. The third-order valence-corrected chi connectivity index (χ3v) is 4.35. The van der Waals surface area contributed by atoms with Gasteiger partial charge >= 0.3 is 0 Å². The van der Waals surface area contributed by atoms with Gasteiger partial charge in [0.05, 0.1) is 18.3 Å². The summed E-state index contributed by atoms with van der Waals surface area (Å²) in [5.41, 5.74) is 1.25. The number of thiazole rings is 1. The highest BCUT2D eigenvalue weighted by molar-refractivity contribution is 7.11. The third kappa shape index (κ3) is 2.29. The summed E-state index contributed by atoms with van der Waals surface area (Å²) < 4.78 is 5.46. The first-order valence-electron chi connectivity index (χ1n) is 5.97. The van der Waals surface area contributed by atoms with Crippen molar-refractivity contribution in [3.8, 4) is 0 Å². The van der Waals surface area contributed by atoms with E-state index in [0.717, 1.165) is 26.1 Å². The normalized spacial score (nSPS) is 22.6. The first-order valence-corrected chi connectivity index (χ1v) is 6.79. The average molecular weight is 240 g/mol. The van der Waals surface area contributed by atoms with Crippen LogP contribution >= 0.6 is 11.3 Å². The lowest BCUT2D eigenvalue weighted by molar-refractivity contribution is 0.177. The lowest BCUT2D eigenvalue weighted by Gasteiger charge is -2.19. The first-order chi connectivity index (χ1) is 7.76. The van der Waals surface area contributed by atoms with Crippen molar-refractivity contribution in [1.29, 1.82) is 0 Å². The van der Waals surface area contributed by atoms with Gasteiger partial charge < -0.3 is 10.1 Å². The number of nitrogens with zero attached hydrogens (tertiary/aromatic N) is 1. The zero-order valence-corrected chi connectivity index (χ0v) is 11.1. The maximum Gasteiger partial charge on any atom is 0.110 e. The molecule has 1 aromatic heterocycles. The van der Waals surface area contributed by atoms with Gasteiger partial charge in [-0.3, -0.25) is 0 Å². The third-order valence-electron chi connectivity index (χ3n) is 3.26. The van der Waals surface area contributed by atoms with Gasteiger partial charge in [-0.2, -0.15) is 0 Å². The molecule has 2 unspecified atom stereocenters. The molecule has 3 nitrogen and oxygen atoms in total. The van der Waals surface area contributed by atoms with Gasteiger partial charge in [0.15, 0.2) is 0 Å². The summed E-state index contributed by atoms with van der Waals surface area (Å²) in [6, 6.07) is 0.367. The number of hydrogen-bond donors (Lipinski definition) is 1. The van der Waals surface area contributed by atoms with Crippen LogP contribution in [0.15, 0.2) is 0 Å². The quantitative estimate of drug-likeness (QED) is 0.877. The van der Waals surface area contributed by atoms with Crippen LogP contribution in [0.2, 0.25) is 0 Å². The number of aromatic nitrogens is 1. The number of rotatable bonds is 4. The lowest BCUT2D eigenvalue weighted by Crippen LogP contribution is -2.25. The second-order valence-corrected chi connectivity index (χ2v) is 5.53. The topological polar surface area (TPSA) is 34.2 Å². The van der Waals surface area contributed by atoms with Gasteiger partial charge in [-0.15, -0.1) is 11.3 Å². The summed E-state index contributed by atoms with van der Waals surface area (Å²) in [6.45, 7) is 6.09. The molecule has 0 bridgehead atoms. The monoisotopic (exact) mass is 240 g/mol. The minimum absolute atomic E-state index is 0.367. The molecule has 1 aromatic rings. The summed E-state index contributed by atoms with van der Waals surface area (Å²) in [5, 5.41) is 4.62. The molecule has 4 heteroatoms. The van der Waals surface area contributed by atoms with E-state index >= 15 is 0 Å². The van der Waals surface area contributed by atoms with Crippen molar-refractivity contribution in [2.75, 3.05) is 20.3 Å². The Morgan fingerprint density at radius 3 is 2.94 bits per heavy atom. The van der Waals surface area contributed by atoms with Crippen molar-refractivity contribution in [1.82, 2.24) is 10.3 Å². The van der Waals surface area contributed by atoms with Crippen LogP contribution < -0.4 is 5.32 Å². The van der Waals surface area contributed by atoms with E-state index in [2.05, 4.69) is 19.2 Å². The highest BCUT2D eigenvalue weighted by Gasteiger charge is 2.28. The van der Waals surface area contributed by atoms with Crippen molar-refractivity contribution in [2.24, 2.45) is 5.92 Å². The van der Waals surface area contributed by atoms with E-state index in [9.17, 15) is 0 Å². The van der Waals surface area contributed by atoms with Gasteiger partial charge in [0.1, 0.15) is 5.01 Å². The molecule has 1 fully saturated rings. The zero-order chi connectivity index (χ0) is 11.5. The highest BCUT2D eigenvalue weighted by Crippen LogP contribution is 2.32. The van der Waals surface area contributed by atoms with E-state index < -0.39 is 0 Å². The maximum atomic E-state index is 5.46. The Morgan fingerprint density at radius 2 is 2.44 bits per heavy atom. The van der Waals surface area contributed by atoms with Gasteiger partial charge in [0, 0.05) is 17.4 Å². The van der Waals surface area contributed by atoms with Gasteiger partial charge in [-0.1, -0.05) is 6.92 Å². The van der Waals surface area contributed by atoms with Crippen LogP contribution in [0.3, 0.4) is 0 Å². The summed E-state index contributed by atoms with van der Waals surface area (Å²) in [5.74, 6) is 0.584. The van der Waals surface area contributed by atoms with E-state index in [1.807, 2.05) is 18.4 Å². The van der Waals surface area contributed by atoms with Crippen molar-refractivity contribution < 1.29 is 4.74 Å². The second-order valence-electron chi connectivity index (χ2n) is 4.30. The predicted molar refractivity (Wildman–Crippen MR) is 67.0 cm³/mol. The number of aryl methyl sites for hydroxylation is 2. The lowest BCUT2D eigenvalue weighted by atomic mass is 10.00. The van der Waals surface area contributed by atoms with Gasteiger partial charge in [0.25, 0.3) is 0 Å². The molecule has 0 amide bonds. The van der Waals surface area contributed by atoms with Gasteiger partial charge in [-0.25, -0.2) is 4.98 Å². The summed E-state index contributed by atoms with van der Waals surface area (Å²) in [6.07, 6.45) is 2.17. The smallest absolute Gasteiger partial charge is 0.110 e. The Morgan fingerprint density at radius 1 is 1.62 bits per heavy atom. The van der Waals surface area contributed by atoms with Crippen LogP contribution in [-0.2, 0) is 11.2 Å². The van der Waals surface area contributed by atoms with Gasteiger partial charge in [-0.05, 0) is 26.8 Å². The summed E-state index contributed by atoms with van der Waals surface area (Å²) in [7, 11) is 2.02. The molecule has 0 saturated carbocycles. The molecule has 90 valence electrons. The average Bonchev–Trinajstić information content (AvgIpc) is 2.89. The molecule has 0 spiro atoms. The van der Waals surface area contributed by atoms with E-state index in [1.54, 1.807) is 0 Å². The minimum atomic E-state index is 0.367. The SMILES string of the molecule is CCc1nc(C(NC)C2CCOC2)sc1C. The van der Waals surface area contributed by atoms with E-state index in [1.165, 1.54) is 15.6 Å². The molecule has 1 saturated heterocycles. The number of nitrogens with one attached hydrogen (secondary N) is 1. The molecule has 1 aliphatic rings. The number of hydrogen-bond acceptors (Lipinski definition) is 4. The molecule has 0 aliphatic carbocycles. The van der Waals surface area contributed by atoms with Crippen LogP contribution in [-0.4, -0.2) is 25.2 Å². The molecule has 2 atom stereocenters. The Hall–Kier alpha value is -0.450. The Labute approximate surface area is 101 Å². The summed E-state index contributed by atoms with van der Waals surface area (Å²) in [4.78, 5) is 6.10. The molecule has 1 N–H and O–H groups in total. The number of ether oxygens (including phenoxy) is 1. The van der Waals surface area contributed by atoms with Crippen LogP contribution in [0.1, 0.15) is 35.0 Å². The first kappa shape index (κ1) is 12.0. The van der Waals surface area contributed by atoms with E-state index in [4.69, 9.17) is 9.72 Å². The highest BCUT2D eigenvalue weighted by atomic mass is 32.1. The Bertz CT molecular complexity index is 345. The molecule has 0 aromatic carbocycles. The van der Waals surface area contributed by atoms with Crippen molar-refractivity contribution in [3.05, 3.63) is 15.6 Å². The Kier molecular flexibility index (Phi) is 3.95. The van der Waals surface area contributed by atoms with E-state index in [0.29, 0.717) is 12.0 Å². The van der Waals surface area contributed by atoms with Crippen molar-refractivity contribution >= 4 is 11.3 Å². The molecule has 16 heavy (non-hydrogen) atoms. The van der Waals surface area contributed by atoms with Crippen LogP contribution in [0.25, 0.3) is 0 Å². The molecule has 2 rings (SSSR count). The van der Waals surface area contributed by atoms with Crippen molar-refractivity contribution in [3.63, 3.8) is 0 Å². The molecular weight excluding hydrogens is 220 g/mol. The van der Waals surface area contributed by atoms with Crippen LogP contribution in [0.5, 0.6) is 0 Å². The van der Waals surface area contributed by atoms with Crippen molar-refractivity contribution in [2.45, 2.75) is 32.7 Å². The fourth-order valence-corrected chi connectivity index (χ4v) is 3.50. The van der Waals surface area contributed by atoms with Gasteiger partial charge in [0.2, 0.25) is 0 Å². The van der Waals surface area contributed by atoms with E-state index in [-0.39, 0.29) is 0 Å². The molecule has 0 radical (unpaired) electrons. The second kappa shape index (κ2) is 5.25. The minimum Gasteiger partial charge on any atom is -0.381 e. The summed E-state index contributed by atoms with van der Waals surface area (Å²) >= 11 is 1.83.